The number of carbonyl (C=O) groups is 2. The second-order valence-electron chi connectivity index (χ2n) is 10.9. The molecule has 174 valence electrons. The summed E-state index contributed by atoms with van der Waals surface area (Å²) in [6.45, 7) is 14.4. The molecule has 0 atom stereocenters. The van der Waals surface area contributed by atoms with Gasteiger partial charge in [-0.25, -0.2) is 0 Å². The first-order valence-corrected chi connectivity index (χ1v) is 11.5. The van der Waals surface area contributed by atoms with E-state index in [1.807, 2.05) is 58.6 Å². The minimum atomic E-state index is -0.348. The minimum Gasteiger partial charge on any atom is -0.507 e. The van der Waals surface area contributed by atoms with Gasteiger partial charge in [-0.2, -0.15) is 0 Å². The van der Waals surface area contributed by atoms with Crippen LogP contribution in [0.15, 0.2) is 42.1 Å². The molecule has 1 N–H and O–H groups in total. The number of carbonyl (C=O) groups excluding carboxylic acids is 2. The molecule has 2 aliphatic rings. The van der Waals surface area contributed by atoms with Gasteiger partial charge in [0.1, 0.15) is 5.75 Å². The van der Waals surface area contributed by atoms with Crippen molar-refractivity contribution in [2.75, 3.05) is 26.3 Å². The van der Waals surface area contributed by atoms with Crippen LogP contribution in [-0.4, -0.2) is 47.9 Å². The first-order chi connectivity index (χ1) is 15.4. The summed E-state index contributed by atoms with van der Waals surface area (Å²) < 4.78 is 5.51. The number of aromatic hydroxyl groups is 1. The summed E-state index contributed by atoms with van der Waals surface area (Å²) in [5.74, 6) is -0.0378. The van der Waals surface area contributed by atoms with Crippen LogP contribution >= 0.6 is 0 Å². The number of Topliss-reactive ketones (excluding diaryl/α,β-unsaturated/α-hetero) is 2. The Morgan fingerprint density at radius 3 is 1.79 bits per heavy atom. The largest absolute Gasteiger partial charge is 0.507 e. The highest BCUT2D eigenvalue weighted by Gasteiger charge is 2.37. The Bertz CT molecular complexity index is 1120. The maximum atomic E-state index is 13.9. The summed E-state index contributed by atoms with van der Waals surface area (Å²) >= 11 is 0. The van der Waals surface area contributed by atoms with E-state index in [2.05, 4.69) is 0 Å². The van der Waals surface area contributed by atoms with E-state index in [4.69, 9.17) is 4.74 Å². The van der Waals surface area contributed by atoms with Crippen LogP contribution in [0.3, 0.4) is 0 Å². The van der Waals surface area contributed by atoms with Gasteiger partial charge in [0.2, 0.25) is 5.78 Å². The van der Waals surface area contributed by atoms with Crippen molar-refractivity contribution < 1.29 is 19.4 Å². The number of ether oxygens (including phenoxy) is 1. The Balaban J connectivity index is 2.05. The molecule has 0 unspecified atom stereocenters. The van der Waals surface area contributed by atoms with Crippen molar-refractivity contribution in [3.63, 3.8) is 0 Å². The molecule has 5 heteroatoms. The average Bonchev–Trinajstić information content (AvgIpc) is 2.75. The summed E-state index contributed by atoms with van der Waals surface area (Å²) in [5.41, 5.74) is 3.23. The van der Waals surface area contributed by atoms with Gasteiger partial charge in [0.05, 0.1) is 24.5 Å². The van der Waals surface area contributed by atoms with Gasteiger partial charge in [-0.1, -0.05) is 65.8 Å². The first-order valence-electron chi connectivity index (χ1n) is 11.5. The van der Waals surface area contributed by atoms with E-state index in [0.29, 0.717) is 54.3 Å². The second kappa shape index (κ2) is 8.14. The summed E-state index contributed by atoms with van der Waals surface area (Å²) in [6, 6.07) is 10.8. The topological polar surface area (TPSA) is 66.8 Å². The van der Waals surface area contributed by atoms with E-state index in [1.165, 1.54) is 0 Å². The summed E-state index contributed by atoms with van der Waals surface area (Å²) in [6.07, 6.45) is 0. The summed E-state index contributed by atoms with van der Waals surface area (Å²) in [5, 5.41) is 11.2. The molecule has 1 heterocycles. The molecular weight excluding hydrogens is 414 g/mol. The number of phenolic OH excluding ortho intramolecular Hbond substituents is 1. The van der Waals surface area contributed by atoms with Gasteiger partial charge in [0.25, 0.3) is 0 Å². The summed E-state index contributed by atoms with van der Waals surface area (Å²) in [7, 11) is 0. The minimum absolute atomic E-state index is 0.134. The monoisotopic (exact) mass is 447 g/mol. The third-order valence-corrected chi connectivity index (χ3v) is 6.44. The Labute approximate surface area is 196 Å². The Morgan fingerprint density at radius 2 is 1.30 bits per heavy atom. The zero-order valence-electron chi connectivity index (χ0n) is 20.4. The predicted molar refractivity (Wildman–Crippen MR) is 130 cm³/mol. The average molecular weight is 448 g/mol. The molecule has 33 heavy (non-hydrogen) atoms. The number of benzene rings is 2. The van der Waals surface area contributed by atoms with E-state index < -0.39 is 0 Å². The van der Waals surface area contributed by atoms with Gasteiger partial charge in [0, 0.05) is 35.3 Å². The lowest BCUT2D eigenvalue weighted by Gasteiger charge is -2.35. The van der Waals surface area contributed by atoms with Crippen LogP contribution < -0.4 is 0 Å². The van der Waals surface area contributed by atoms with Gasteiger partial charge >= 0.3 is 0 Å². The molecule has 0 bridgehead atoms. The van der Waals surface area contributed by atoms with E-state index in [1.54, 1.807) is 24.3 Å². The number of morpholine rings is 1. The number of nitrogens with zero attached hydrogens (tertiary/aromatic N) is 1. The fourth-order valence-corrected chi connectivity index (χ4v) is 4.64. The third kappa shape index (κ3) is 4.10. The Hall–Kier alpha value is -2.92. The van der Waals surface area contributed by atoms with Crippen molar-refractivity contribution in [2.24, 2.45) is 0 Å². The fourth-order valence-electron chi connectivity index (χ4n) is 4.64. The molecule has 2 aromatic rings. The molecule has 0 saturated carbocycles. The number of hydrogen-bond donors (Lipinski definition) is 1. The molecule has 0 aromatic heterocycles. The Kier molecular flexibility index (Phi) is 5.73. The summed E-state index contributed by atoms with van der Waals surface area (Å²) in [4.78, 5) is 29.6. The van der Waals surface area contributed by atoms with Crippen LogP contribution in [0.4, 0.5) is 0 Å². The highest BCUT2D eigenvalue weighted by atomic mass is 16.5. The molecule has 5 nitrogen and oxygen atoms in total. The van der Waals surface area contributed by atoms with Crippen molar-refractivity contribution in [1.82, 2.24) is 4.90 Å². The van der Waals surface area contributed by atoms with Crippen molar-refractivity contribution in [3.8, 4) is 5.75 Å². The van der Waals surface area contributed by atoms with Crippen LogP contribution in [0, 0.1) is 0 Å². The highest BCUT2D eigenvalue weighted by molar-refractivity contribution is 6.40. The smallest absolute Gasteiger partial charge is 0.210 e. The zero-order chi connectivity index (χ0) is 24.1. The molecule has 1 aliphatic heterocycles. The molecule has 0 radical (unpaired) electrons. The van der Waals surface area contributed by atoms with E-state index in [9.17, 15) is 14.7 Å². The maximum absolute atomic E-state index is 13.9. The standard InChI is InChI=1S/C28H33NO4/c1-27(2,3)20-15-17(16-21(26(20)32)28(4,5)6)22-23(29-11-13-33-14-12-29)25(31)19-10-8-7-9-18(19)24(22)30/h7-10,15-16,32H,11-14H2,1-6H3. The van der Waals surface area contributed by atoms with E-state index >= 15 is 0 Å². The van der Waals surface area contributed by atoms with E-state index in [0.717, 1.165) is 11.1 Å². The van der Waals surface area contributed by atoms with Crippen LogP contribution in [-0.2, 0) is 15.6 Å². The van der Waals surface area contributed by atoms with Gasteiger partial charge in [-0.15, -0.1) is 0 Å². The van der Waals surface area contributed by atoms with E-state index in [-0.39, 0.29) is 28.1 Å². The number of allylic oxidation sites excluding steroid dienone is 2. The van der Waals surface area contributed by atoms with Crippen LogP contribution in [0.1, 0.15) is 78.9 Å². The van der Waals surface area contributed by atoms with Crippen LogP contribution in [0.2, 0.25) is 0 Å². The third-order valence-electron chi connectivity index (χ3n) is 6.44. The molecule has 1 aliphatic carbocycles. The molecule has 4 rings (SSSR count). The Morgan fingerprint density at radius 1 is 0.818 bits per heavy atom. The number of fused-ring (bicyclic) bond motifs is 1. The van der Waals surface area contributed by atoms with Crippen LogP contribution in [0.5, 0.6) is 5.75 Å². The number of hydrogen-bond acceptors (Lipinski definition) is 5. The second-order valence-corrected chi connectivity index (χ2v) is 10.9. The fraction of sp³-hybridized carbons (Fsp3) is 0.429. The van der Waals surface area contributed by atoms with Crippen molar-refractivity contribution >= 4 is 17.1 Å². The molecule has 1 saturated heterocycles. The zero-order valence-corrected chi connectivity index (χ0v) is 20.4. The molecular formula is C28H33NO4. The molecule has 2 aromatic carbocycles. The maximum Gasteiger partial charge on any atom is 0.210 e. The lowest BCUT2D eigenvalue weighted by atomic mass is 9.75. The van der Waals surface area contributed by atoms with Crippen molar-refractivity contribution in [3.05, 3.63) is 69.9 Å². The lowest BCUT2D eigenvalue weighted by Crippen LogP contribution is -2.41. The lowest BCUT2D eigenvalue weighted by molar-refractivity contribution is 0.0506. The predicted octanol–water partition coefficient (Wildman–Crippen LogP) is 5.11. The van der Waals surface area contributed by atoms with Gasteiger partial charge in [-0.3, -0.25) is 9.59 Å². The van der Waals surface area contributed by atoms with Crippen molar-refractivity contribution in [2.45, 2.75) is 52.4 Å². The van der Waals surface area contributed by atoms with Gasteiger partial charge < -0.3 is 14.7 Å². The van der Waals surface area contributed by atoms with Crippen molar-refractivity contribution in [1.29, 1.82) is 0 Å². The number of rotatable bonds is 2. The SMILES string of the molecule is CC(C)(C)c1cc(C2=C(N3CCOCC3)C(=O)c3ccccc3C2=O)cc(C(C)(C)C)c1O. The van der Waals surface area contributed by atoms with Crippen LogP contribution in [0.25, 0.3) is 5.57 Å². The number of phenols is 1. The van der Waals surface area contributed by atoms with Gasteiger partial charge in [0.15, 0.2) is 5.78 Å². The molecule has 1 fully saturated rings. The molecule has 0 spiro atoms. The van der Waals surface area contributed by atoms with Gasteiger partial charge in [-0.05, 0) is 28.5 Å². The normalized spacial score (nSPS) is 17.5. The highest BCUT2D eigenvalue weighted by Crippen LogP contribution is 2.43. The quantitative estimate of drug-likeness (QED) is 0.693. The number of ketones is 2. The first kappa shape index (κ1) is 23.2. The molecule has 0 amide bonds.